The van der Waals surface area contributed by atoms with Gasteiger partial charge in [0.05, 0.1) is 11.8 Å². The first-order chi connectivity index (χ1) is 8.74. The van der Waals surface area contributed by atoms with Crippen molar-refractivity contribution in [3.8, 4) is 0 Å². The first-order valence-corrected chi connectivity index (χ1v) is 7.97. The van der Waals surface area contributed by atoms with E-state index in [2.05, 4.69) is 26.7 Å². The summed E-state index contributed by atoms with van der Waals surface area (Å²) in [5.41, 5.74) is 2.13. The molecule has 0 radical (unpaired) electrons. The van der Waals surface area contributed by atoms with Crippen LogP contribution in [0.1, 0.15) is 37.1 Å². The van der Waals surface area contributed by atoms with Crippen LogP contribution in [-0.4, -0.2) is 16.1 Å². The van der Waals surface area contributed by atoms with Gasteiger partial charge in [-0.15, -0.1) is 11.3 Å². The molecule has 1 unspecified atom stereocenters. The van der Waals surface area contributed by atoms with Crippen LogP contribution in [0.15, 0.2) is 22.2 Å². The van der Waals surface area contributed by atoms with E-state index in [9.17, 15) is 5.11 Å². The Morgan fingerprint density at radius 1 is 1.50 bits per heavy atom. The van der Waals surface area contributed by atoms with Crippen LogP contribution in [0.4, 0.5) is 5.13 Å². The topological polar surface area (TPSA) is 36.4 Å². The Hall–Kier alpha value is -0.910. The Balaban J connectivity index is 1.80. The molecule has 1 N–H and O–H groups in total. The maximum Gasteiger partial charge on any atom is 0.186 e. The molecule has 2 heterocycles. The highest BCUT2D eigenvalue weighted by atomic mass is 32.1. The summed E-state index contributed by atoms with van der Waals surface area (Å²) in [6.07, 6.45) is 2.04. The molecule has 1 saturated carbocycles. The SMILES string of the molecule is CC(O)c1csc(N(Cc2ccsc2)C2CC2)n1. The number of hydrogen-bond acceptors (Lipinski definition) is 5. The van der Waals surface area contributed by atoms with Gasteiger partial charge in [0.15, 0.2) is 5.13 Å². The zero-order valence-corrected chi connectivity index (χ0v) is 11.9. The summed E-state index contributed by atoms with van der Waals surface area (Å²) < 4.78 is 0. The number of aliphatic hydroxyl groups excluding tert-OH is 1. The molecule has 96 valence electrons. The number of anilines is 1. The molecule has 0 aromatic carbocycles. The fraction of sp³-hybridized carbons (Fsp3) is 0.462. The summed E-state index contributed by atoms with van der Waals surface area (Å²) in [6, 6.07) is 2.81. The Morgan fingerprint density at radius 3 is 2.89 bits per heavy atom. The summed E-state index contributed by atoms with van der Waals surface area (Å²) in [7, 11) is 0. The molecule has 0 bridgehead atoms. The van der Waals surface area contributed by atoms with Gasteiger partial charge in [0.25, 0.3) is 0 Å². The monoisotopic (exact) mass is 280 g/mol. The van der Waals surface area contributed by atoms with E-state index in [1.807, 2.05) is 5.38 Å². The van der Waals surface area contributed by atoms with Gasteiger partial charge in [-0.3, -0.25) is 0 Å². The van der Waals surface area contributed by atoms with Crippen molar-refractivity contribution in [1.82, 2.24) is 4.98 Å². The van der Waals surface area contributed by atoms with Crippen LogP contribution in [-0.2, 0) is 6.54 Å². The molecular weight excluding hydrogens is 264 g/mol. The van der Waals surface area contributed by atoms with E-state index in [-0.39, 0.29) is 0 Å². The molecular formula is C13H16N2OS2. The van der Waals surface area contributed by atoms with E-state index in [4.69, 9.17) is 0 Å². The third-order valence-electron chi connectivity index (χ3n) is 3.10. The third kappa shape index (κ3) is 2.58. The molecule has 2 aromatic heterocycles. The van der Waals surface area contributed by atoms with Crippen LogP contribution in [0, 0.1) is 0 Å². The molecule has 2 aromatic rings. The molecule has 0 saturated heterocycles. The highest BCUT2D eigenvalue weighted by Gasteiger charge is 2.31. The molecule has 1 aliphatic carbocycles. The Labute approximate surface area is 115 Å². The van der Waals surface area contributed by atoms with Gasteiger partial charge >= 0.3 is 0 Å². The highest BCUT2D eigenvalue weighted by molar-refractivity contribution is 7.13. The molecule has 1 aliphatic rings. The Kier molecular flexibility index (Phi) is 3.37. The summed E-state index contributed by atoms with van der Waals surface area (Å²) in [5, 5.41) is 16.9. The molecule has 3 rings (SSSR count). The van der Waals surface area contributed by atoms with Crippen LogP contribution in [0.3, 0.4) is 0 Å². The lowest BCUT2D eigenvalue weighted by molar-refractivity contribution is 0.195. The molecule has 0 spiro atoms. The molecule has 1 atom stereocenters. The fourth-order valence-corrected chi connectivity index (χ4v) is 3.56. The van der Waals surface area contributed by atoms with Crippen molar-refractivity contribution in [1.29, 1.82) is 0 Å². The first kappa shape index (κ1) is 12.1. The Bertz CT molecular complexity index is 503. The standard InChI is InChI=1S/C13H16N2OS2/c1-9(16)12-8-18-13(14-12)15(11-2-3-11)6-10-4-5-17-7-10/h4-5,7-9,11,16H,2-3,6H2,1H3. The number of rotatable bonds is 5. The number of thiazole rings is 1. The average Bonchev–Trinajstić information content (AvgIpc) is 2.88. The van der Waals surface area contributed by atoms with E-state index >= 15 is 0 Å². The first-order valence-electron chi connectivity index (χ1n) is 6.15. The summed E-state index contributed by atoms with van der Waals surface area (Å²) in [6.45, 7) is 2.69. The molecule has 1 fully saturated rings. The summed E-state index contributed by atoms with van der Waals surface area (Å²) in [5.74, 6) is 0. The van der Waals surface area contributed by atoms with E-state index in [1.165, 1.54) is 18.4 Å². The minimum absolute atomic E-state index is 0.475. The lowest BCUT2D eigenvalue weighted by Gasteiger charge is -2.20. The second-order valence-corrected chi connectivity index (χ2v) is 6.34. The van der Waals surface area contributed by atoms with Gasteiger partial charge in [0, 0.05) is 18.0 Å². The zero-order valence-electron chi connectivity index (χ0n) is 10.2. The van der Waals surface area contributed by atoms with Crippen molar-refractivity contribution in [2.75, 3.05) is 4.90 Å². The number of aliphatic hydroxyl groups is 1. The van der Waals surface area contributed by atoms with Crippen molar-refractivity contribution in [3.05, 3.63) is 33.5 Å². The van der Waals surface area contributed by atoms with Gasteiger partial charge in [0.1, 0.15) is 0 Å². The van der Waals surface area contributed by atoms with Crippen LogP contribution in [0.5, 0.6) is 0 Å². The van der Waals surface area contributed by atoms with E-state index < -0.39 is 6.10 Å². The van der Waals surface area contributed by atoms with Gasteiger partial charge in [-0.1, -0.05) is 0 Å². The van der Waals surface area contributed by atoms with Crippen molar-refractivity contribution in [2.24, 2.45) is 0 Å². The minimum Gasteiger partial charge on any atom is -0.387 e. The molecule has 0 amide bonds. The van der Waals surface area contributed by atoms with Gasteiger partial charge in [-0.25, -0.2) is 4.98 Å². The third-order valence-corrected chi connectivity index (χ3v) is 4.73. The lowest BCUT2D eigenvalue weighted by atomic mass is 10.3. The van der Waals surface area contributed by atoms with Gasteiger partial charge in [-0.2, -0.15) is 11.3 Å². The Morgan fingerprint density at radius 2 is 2.33 bits per heavy atom. The van der Waals surface area contributed by atoms with Crippen LogP contribution in [0.25, 0.3) is 0 Å². The predicted octanol–water partition coefficient (Wildman–Crippen LogP) is 3.43. The zero-order chi connectivity index (χ0) is 12.5. The fourth-order valence-electron chi connectivity index (χ4n) is 1.92. The average molecular weight is 280 g/mol. The quantitative estimate of drug-likeness (QED) is 0.911. The summed E-state index contributed by atoms with van der Waals surface area (Å²) >= 11 is 3.37. The van der Waals surface area contributed by atoms with Crippen molar-refractivity contribution >= 4 is 27.8 Å². The number of thiophene rings is 1. The molecule has 5 heteroatoms. The van der Waals surface area contributed by atoms with Crippen molar-refractivity contribution in [2.45, 2.75) is 38.5 Å². The van der Waals surface area contributed by atoms with Gasteiger partial charge in [-0.05, 0) is 42.2 Å². The highest BCUT2D eigenvalue weighted by Crippen LogP contribution is 2.35. The maximum absolute atomic E-state index is 9.56. The van der Waals surface area contributed by atoms with Crippen LogP contribution in [0.2, 0.25) is 0 Å². The molecule has 0 aliphatic heterocycles. The van der Waals surface area contributed by atoms with E-state index in [0.29, 0.717) is 6.04 Å². The van der Waals surface area contributed by atoms with Crippen molar-refractivity contribution in [3.63, 3.8) is 0 Å². The second kappa shape index (κ2) is 4.99. The number of aromatic nitrogens is 1. The largest absolute Gasteiger partial charge is 0.387 e. The lowest BCUT2D eigenvalue weighted by Crippen LogP contribution is -2.24. The van der Waals surface area contributed by atoms with Crippen LogP contribution < -0.4 is 4.90 Å². The van der Waals surface area contributed by atoms with Crippen LogP contribution >= 0.6 is 22.7 Å². The van der Waals surface area contributed by atoms with E-state index in [0.717, 1.165) is 17.4 Å². The maximum atomic E-state index is 9.56. The number of hydrogen-bond donors (Lipinski definition) is 1. The van der Waals surface area contributed by atoms with Gasteiger partial charge < -0.3 is 10.0 Å². The minimum atomic E-state index is -0.475. The second-order valence-electron chi connectivity index (χ2n) is 4.72. The van der Waals surface area contributed by atoms with Crippen molar-refractivity contribution < 1.29 is 5.11 Å². The smallest absolute Gasteiger partial charge is 0.186 e. The normalized spacial score (nSPS) is 16.8. The summed E-state index contributed by atoms with van der Waals surface area (Å²) in [4.78, 5) is 6.92. The molecule has 3 nitrogen and oxygen atoms in total. The van der Waals surface area contributed by atoms with E-state index in [1.54, 1.807) is 29.6 Å². The molecule has 18 heavy (non-hydrogen) atoms. The van der Waals surface area contributed by atoms with Gasteiger partial charge in [0.2, 0.25) is 0 Å². The predicted molar refractivity (Wildman–Crippen MR) is 76.3 cm³/mol. The number of nitrogens with zero attached hydrogens (tertiary/aromatic N) is 2.